The number of sulfone groups is 1. The van der Waals surface area contributed by atoms with Crippen LogP contribution in [-0.4, -0.2) is 41.3 Å². The molecule has 5 heteroatoms. The van der Waals surface area contributed by atoms with Crippen LogP contribution in [0, 0.1) is 0 Å². The molecular formula is C6H12O4S. The highest BCUT2D eigenvalue weighted by molar-refractivity contribution is 7.91. The van der Waals surface area contributed by atoms with Crippen LogP contribution in [0.2, 0.25) is 0 Å². The van der Waals surface area contributed by atoms with Crippen LogP contribution in [-0.2, 0) is 9.84 Å². The lowest BCUT2D eigenvalue weighted by atomic mass is 9.90. The Balaban J connectivity index is 3.08. The molecule has 0 saturated carbocycles. The first kappa shape index (κ1) is 8.96. The van der Waals surface area contributed by atoms with Crippen molar-refractivity contribution in [3.05, 3.63) is 0 Å². The quantitative estimate of drug-likeness (QED) is 0.497. The summed E-state index contributed by atoms with van der Waals surface area (Å²) in [6.45, 7) is 2.66. The van der Waals surface area contributed by atoms with E-state index in [1.807, 2.05) is 0 Å². The van der Waals surface area contributed by atoms with Crippen LogP contribution in [0.4, 0.5) is 0 Å². The van der Waals surface area contributed by atoms with Gasteiger partial charge in [-0.1, -0.05) is 0 Å². The Bertz CT molecular complexity index is 240. The fourth-order valence-corrected chi connectivity index (χ4v) is 3.66. The van der Waals surface area contributed by atoms with Gasteiger partial charge in [0.1, 0.15) is 11.2 Å². The number of hydrogen-bond acceptors (Lipinski definition) is 4. The first-order valence-electron chi connectivity index (χ1n) is 3.32. The van der Waals surface area contributed by atoms with Crippen molar-refractivity contribution < 1.29 is 18.6 Å². The van der Waals surface area contributed by atoms with E-state index in [4.69, 9.17) is 0 Å². The van der Waals surface area contributed by atoms with Crippen molar-refractivity contribution in [1.82, 2.24) is 0 Å². The maximum Gasteiger partial charge on any atom is 0.156 e. The fourth-order valence-electron chi connectivity index (χ4n) is 1.22. The van der Waals surface area contributed by atoms with Crippen molar-refractivity contribution in [3.8, 4) is 0 Å². The Labute approximate surface area is 65.8 Å². The van der Waals surface area contributed by atoms with Crippen molar-refractivity contribution in [1.29, 1.82) is 0 Å². The highest BCUT2D eigenvalue weighted by atomic mass is 32.2. The number of rotatable bonds is 0. The van der Waals surface area contributed by atoms with E-state index in [0.29, 0.717) is 0 Å². The molecule has 1 heterocycles. The average Bonchev–Trinajstić information content (AvgIpc) is 1.66. The van der Waals surface area contributed by atoms with Gasteiger partial charge in [-0.15, -0.1) is 0 Å². The van der Waals surface area contributed by atoms with E-state index in [2.05, 4.69) is 0 Å². The molecule has 0 radical (unpaired) electrons. The maximum atomic E-state index is 10.9. The molecule has 2 unspecified atom stereocenters. The van der Waals surface area contributed by atoms with Gasteiger partial charge in [-0.3, -0.25) is 0 Å². The molecule has 1 saturated heterocycles. The summed E-state index contributed by atoms with van der Waals surface area (Å²) in [5.41, 5.74) is -3.02. The molecule has 1 aliphatic heterocycles. The van der Waals surface area contributed by atoms with Gasteiger partial charge in [-0.25, -0.2) is 8.42 Å². The minimum absolute atomic E-state index is 0.354. The van der Waals surface area contributed by atoms with E-state index < -0.39 is 21.0 Å². The molecule has 0 aliphatic carbocycles. The second kappa shape index (κ2) is 1.97. The Morgan fingerprint density at radius 1 is 1.09 bits per heavy atom. The minimum atomic E-state index is -3.26. The molecule has 1 aliphatic rings. The smallest absolute Gasteiger partial charge is 0.156 e. The molecule has 0 aromatic heterocycles. The molecule has 1 rings (SSSR count). The predicted octanol–water partition coefficient (Wildman–Crippen LogP) is -1.08. The maximum absolute atomic E-state index is 10.9. The molecule has 66 valence electrons. The van der Waals surface area contributed by atoms with Gasteiger partial charge >= 0.3 is 0 Å². The molecule has 0 aromatic rings. The second-order valence-corrected chi connectivity index (χ2v) is 5.64. The molecule has 1 fully saturated rings. The van der Waals surface area contributed by atoms with Crippen molar-refractivity contribution in [3.63, 3.8) is 0 Å². The summed E-state index contributed by atoms with van der Waals surface area (Å²) in [5, 5.41) is 18.9. The Hall–Kier alpha value is -0.130. The van der Waals surface area contributed by atoms with Gasteiger partial charge in [0.05, 0.1) is 11.5 Å². The monoisotopic (exact) mass is 180 g/mol. The Kier molecular flexibility index (Phi) is 1.60. The summed E-state index contributed by atoms with van der Waals surface area (Å²) in [6.07, 6.45) is 0. The summed E-state index contributed by atoms with van der Waals surface area (Å²) >= 11 is 0. The van der Waals surface area contributed by atoms with Gasteiger partial charge in [0.2, 0.25) is 0 Å². The Morgan fingerprint density at radius 2 is 1.36 bits per heavy atom. The van der Waals surface area contributed by atoms with Crippen LogP contribution in [0.1, 0.15) is 13.8 Å². The normalized spacial score (nSPS) is 49.5. The standard InChI is InChI=1S/C6H12O4S/c1-5(7)3-11(9,10)4-6(5,2)8/h7-8H,3-4H2,1-2H3. The highest BCUT2D eigenvalue weighted by Gasteiger charge is 2.53. The largest absolute Gasteiger partial charge is 0.386 e. The average molecular weight is 180 g/mol. The molecule has 11 heavy (non-hydrogen) atoms. The van der Waals surface area contributed by atoms with Crippen LogP contribution in [0.5, 0.6) is 0 Å². The van der Waals surface area contributed by atoms with E-state index in [1.54, 1.807) is 0 Å². The zero-order chi connectivity index (χ0) is 8.91. The Morgan fingerprint density at radius 3 is 1.45 bits per heavy atom. The SMILES string of the molecule is CC1(O)CS(=O)(=O)CC1(C)O. The van der Waals surface area contributed by atoms with E-state index in [9.17, 15) is 18.6 Å². The first-order chi connectivity index (χ1) is 4.66. The summed E-state index contributed by atoms with van der Waals surface area (Å²) in [5.74, 6) is -0.708. The summed E-state index contributed by atoms with van der Waals surface area (Å²) in [4.78, 5) is 0. The van der Waals surface area contributed by atoms with Crippen LogP contribution in [0.25, 0.3) is 0 Å². The van der Waals surface area contributed by atoms with Crippen LogP contribution in [0.15, 0.2) is 0 Å². The topological polar surface area (TPSA) is 74.6 Å². The lowest BCUT2D eigenvalue weighted by Crippen LogP contribution is -2.48. The van der Waals surface area contributed by atoms with E-state index >= 15 is 0 Å². The number of hydrogen-bond donors (Lipinski definition) is 2. The van der Waals surface area contributed by atoms with Gasteiger partial charge in [0, 0.05) is 0 Å². The van der Waals surface area contributed by atoms with E-state index in [0.717, 1.165) is 0 Å². The molecule has 2 atom stereocenters. The zero-order valence-electron chi connectivity index (χ0n) is 6.53. The van der Waals surface area contributed by atoms with Gasteiger partial charge in [0.25, 0.3) is 0 Å². The molecule has 0 amide bonds. The van der Waals surface area contributed by atoms with Gasteiger partial charge in [-0.2, -0.15) is 0 Å². The van der Waals surface area contributed by atoms with Crippen molar-refractivity contribution in [2.24, 2.45) is 0 Å². The lowest BCUT2D eigenvalue weighted by Gasteiger charge is -2.29. The van der Waals surface area contributed by atoms with Crippen LogP contribution < -0.4 is 0 Å². The highest BCUT2D eigenvalue weighted by Crippen LogP contribution is 2.32. The predicted molar refractivity (Wildman–Crippen MR) is 39.9 cm³/mol. The second-order valence-electron chi connectivity index (χ2n) is 3.58. The van der Waals surface area contributed by atoms with Crippen molar-refractivity contribution >= 4 is 9.84 Å². The summed E-state index contributed by atoms with van der Waals surface area (Å²) in [7, 11) is -3.26. The van der Waals surface area contributed by atoms with Crippen molar-refractivity contribution in [2.45, 2.75) is 25.0 Å². The first-order valence-corrected chi connectivity index (χ1v) is 5.14. The summed E-state index contributed by atoms with van der Waals surface area (Å²) < 4.78 is 21.9. The van der Waals surface area contributed by atoms with Crippen LogP contribution in [0.3, 0.4) is 0 Å². The zero-order valence-corrected chi connectivity index (χ0v) is 7.35. The van der Waals surface area contributed by atoms with Crippen molar-refractivity contribution in [2.75, 3.05) is 11.5 Å². The molecule has 2 N–H and O–H groups in total. The number of aliphatic hydroxyl groups is 2. The van der Waals surface area contributed by atoms with Gasteiger partial charge in [-0.05, 0) is 13.8 Å². The molecule has 0 spiro atoms. The fraction of sp³-hybridized carbons (Fsp3) is 1.00. The van der Waals surface area contributed by atoms with Crippen LogP contribution >= 0.6 is 0 Å². The third kappa shape index (κ3) is 1.40. The van der Waals surface area contributed by atoms with E-state index in [-0.39, 0.29) is 11.5 Å². The van der Waals surface area contributed by atoms with E-state index in [1.165, 1.54) is 13.8 Å². The summed E-state index contributed by atoms with van der Waals surface area (Å²) in [6, 6.07) is 0. The minimum Gasteiger partial charge on any atom is -0.386 e. The molecule has 4 nitrogen and oxygen atoms in total. The lowest BCUT2D eigenvalue weighted by molar-refractivity contribution is -0.0935. The third-order valence-corrected chi connectivity index (χ3v) is 4.17. The molecular weight excluding hydrogens is 168 g/mol. The molecule has 0 aromatic carbocycles. The molecule has 0 bridgehead atoms. The van der Waals surface area contributed by atoms with Gasteiger partial charge in [0.15, 0.2) is 9.84 Å². The third-order valence-electron chi connectivity index (χ3n) is 2.16. The van der Waals surface area contributed by atoms with Gasteiger partial charge < -0.3 is 10.2 Å².